The van der Waals surface area contributed by atoms with Crippen LogP contribution < -0.4 is 10.6 Å². The van der Waals surface area contributed by atoms with Crippen LogP contribution in [-0.4, -0.2) is 30.3 Å². The highest BCUT2D eigenvalue weighted by atomic mass is 16.3. The minimum atomic E-state index is -2.04. The first-order chi connectivity index (χ1) is 7.03. The molecule has 0 aromatic rings. The lowest BCUT2D eigenvalue weighted by atomic mass is 9.96. The van der Waals surface area contributed by atoms with Gasteiger partial charge < -0.3 is 15.7 Å². The van der Waals surface area contributed by atoms with Gasteiger partial charge in [-0.3, -0.25) is 0 Å². The van der Waals surface area contributed by atoms with Gasteiger partial charge in [0.05, 0.1) is 9.35 Å². The Hall–Kier alpha value is -0.770. The zero-order chi connectivity index (χ0) is 11.3. The van der Waals surface area contributed by atoms with E-state index in [1.54, 1.807) is 0 Å². The van der Waals surface area contributed by atoms with Crippen LogP contribution in [0.4, 0.5) is 4.79 Å². The summed E-state index contributed by atoms with van der Waals surface area (Å²) in [4.78, 5) is 11.3. The Balaban J connectivity index is 2.28. The van der Waals surface area contributed by atoms with Crippen molar-refractivity contribution < 1.29 is 12.6 Å². The molecule has 1 aliphatic rings. The molecule has 0 bridgehead atoms. The van der Waals surface area contributed by atoms with Crippen LogP contribution in [0.15, 0.2) is 0 Å². The molecule has 0 aromatic carbocycles. The van der Waals surface area contributed by atoms with Gasteiger partial charge in [0.2, 0.25) is 0 Å². The van der Waals surface area contributed by atoms with Crippen molar-refractivity contribution in [2.24, 2.45) is 0 Å². The highest BCUT2D eigenvalue weighted by molar-refractivity contribution is 5.74. The molecule has 4 heteroatoms. The number of hydrogen-bond donors (Lipinski definition) is 3. The van der Waals surface area contributed by atoms with Crippen molar-refractivity contribution in [1.29, 1.82) is 0 Å². The van der Waals surface area contributed by atoms with Crippen molar-refractivity contribution in [3.63, 3.8) is 0 Å². The van der Waals surface area contributed by atoms with Gasteiger partial charge in [-0.25, -0.2) is 4.79 Å². The van der Waals surface area contributed by atoms with E-state index >= 15 is 0 Å². The molecule has 0 spiro atoms. The SMILES string of the molecule is [2H]C([2H])(CO)NC(=O)NC1CCCCC1. The summed E-state index contributed by atoms with van der Waals surface area (Å²) in [5.74, 6) is 0. The number of urea groups is 1. The summed E-state index contributed by atoms with van der Waals surface area (Å²) in [6.07, 6.45) is 5.33. The fraction of sp³-hybridized carbons (Fsp3) is 0.889. The van der Waals surface area contributed by atoms with E-state index in [2.05, 4.69) is 10.6 Å². The molecule has 0 atom stereocenters. The monoisotopic (exact) mass is 188 g/mol. The molecule has 76 valence electrons. The lowest BCUT2D eigenvalue weighted by Crippen LogP contribution is -2.43. The number of nitrogens with one attached hydrogen (secondary N) is 2. The number of carbonyl (C=O) groups excluding carboxylic acids is 1. The van der Waals surface area contributed by atoms with Crippen LogP contribution in [-0.2, 0) is 0 Å². The lowest BCUT2D eigenvalue weighted by Gasteiger charge is -2.22. The van der Waals surface area contributed by atoms with Crippen LogP contribution in [0, 0.1) is 0 Å². The minimum Gasteiger partial charge on any atom is -0.395 e. The van der Waals surface area contributed by atoms with Gasteiger partial charge in [0.1, 0.15) is 0 Å². The molecule has 2 amide bonds. The van der Waals surface area contributed by atoms with E-state index < -0.39 is 19.1 Å². The Morgan fingerprint density at radius 3 is 2.77 bits per heavy atom. The number of hydrogen-bond acceptors (Lipinski definition) is 2. The number of carbonyl (C=O) groups is 1. The number of rotatable bonds is 3. The van der Waals surface area contributed by atoms with Gasteiger partial charge in [0, 0.05) is 12.5 Å². The van der Waals surface area contributed by atoms with Crippen LogP contribution in [0.5, 0.6) is 0 Å². The van der Waals surface area contributed by atoms with Crippen LogP contribution in [0.25, 0.3) is 0 Å². The van der Waals surface area contributed by atoms with E-state index in [1.165, 1.54) is 6.42 Å². The molecule has 4 nitrogen and oxygen atoms in total. The Morgan fingerprint density at radius 2 is 2.15 bits per heavy atom. The second-order valence-electron chi connectivity index (χ2n) is 3.27. The number of amides is 2. The maximum atomic E-state index is 11.3. The Morgan fingerprint density at radius 1 is 1.46 bits per heavy atom. The molecule has 1 fully saturated rings. The predicted octanol–water partition coefficient (Wildman–Crippen LogP) is 0.611. The molecule has 0 aliphatic heterocycles. The molecule has 0 saturated heterocycles. The van der Waals surface area contributed by atoms with E-state index in [0.717, 1.165) is 25.7 Å². The summed E-state index contributed by atoms with van der Waals surface area (Å²) in [6.45, 7) is -2.76. The summed E-state index contributed by atoms with van der Waals surface area (Å²) in [6, 6.07) is -0.394. The van der Waals surface area contributed by atoms with E-state index in [-0.39, 0.29) is 6.04 Å². The fourth-order valence-corrected chi connectivity index (χ4v) is 1.59. The summed E-state index contributed by atoms with van der Waals surface area (Å²) >= 11 is 0. The van der Waals surface area contributed by atoms with Crippen molar-refractivity contribution in [2.45, 2.75) is 38.1 Å². The Bertz CT molecular complexity index is 218. The molecule has 3 N–H and O–H groups in total. The van der Waals surface area contributed by atoms with Gasteiger partial charge in [-0.05, 0) is 12.8 Å². The van der Waals surface area contributed by atoms with Crippen molar-refractivity contribution in [3.8, 4) is 0 Å². The minimum absolute atomic E-state index is 0.147. The molecule has 1 rings (SSSR count). The predicted molar refractivity (Wildman–Crippen MR) is 50.5 cm³/mol. The zero-order valence-electron chi connectivity index (χ0n) is 9.68. The lowest BCUT2D eigenvalue weighted by molar-refractivity contribution is 0.226. The third-order valence-corrected chi connectivity index (χ3v) is 2.22. The average Bonchev–Trinajstić information content (AvgIpc) is 2.18. The highest BCUT2D eigenvalue weighted by Gasteiger charge is 2.14. The molecule has 0 radical (unpaired) electrons. The van der Waals surface area contributed by atoms with Crippen molar-refractivity contribution >= 4 is 6.03 Å². The summed E-state index contributed by atoms with van der Waals surface area (Å²) in [7, 11) is 0. The molecule has 0 aromatic heterocycles. The first kappa shape index (κ1) is 7.62. The van der Waals surface area contributed by atoms with Gasteiger partial charge in [0.15, 0.2) is 0 Å². The molecule has 0 unspecified atom stereocenters. The fourth-order valence-electron chi connectivity index (χ4n) is 1.59. The largest absolute Gasteiger partial charge is 0.395 e. The molecule has 1 saturated carbocycles. The first-order valence-corrected chi connectivity index (χ1v) is 4.73. The summed E-state index contributed by atoms with van der Waals surface area (Å²) in [5.41, 5.74) is 0. The maximum absolute atomic E-state index is 11.3. The van der Waals surface area contributed by atoms with Gasteiger partial charge in [-0.1, -0.05) is 19.3 Å². The van der Waals surface area contributed by atoms with Crippen LogP contribution in [0.1, 0.15) is 34.8 Å². The van der Waals surface area contributed by atoms with Crippen molar-refractivity contribution in [3.05, 3.63) is 0 Å². The molecule has 13 heavy (non-hydrogen) atoms. The third kappa shape index (κ3) is 4.12. The molecular formula is C9H18N2O2. The van der Waals surface area contributed by atoms with Crippen LogP contribution >= 0.6 is 0 Å². The van der Waals surface area contributed by atoms with Gasteiger partial charge >= 0.3 is 6.03 Å². The third-order valence-electron chi connectivity index (χ3n) is 2.22. The molecular weight excluding hydrogens is 168 g/mol. The van der Waals surface area contributed by atoms with Crippen LogP contribution in [0.3, 0.4) is 0 Å². The standard InChI is InChI=1S/C9H18N2O2/c12-7-6-10-9(13)11-8-4-2-1-3-5-8/h8,12H,1-7H2,(H2,10,11,13)/i6D2. The topological polar surface area (TPSA) is 61.4 Å². The maximum Gasteiger partial charge on any atom is 0.315 e. The Kier molecular flexibility index (Phi) is 3.40. The van der Waals surface area contributed by atoms with Gasteiger partial charge in [0.25, 0.3) is 0 Å². The second kappa shape index (κ2) is 5.80. The smallest absolute Gasteiger partial charge is 0.315 e. The molecule has 1 aliphatic carbocycles. The quantitative estimate of drug-likeness (QED) is 0.607. The van der Waals surface area contributed by atoms with E-state index in [9.17, 15) is 4.79 Å². The zero-order valence-corrected chi connectivity index (χ0v) is 7.68. The van der Waals surface area contributed by atoms with Crippen molar-refractivity contribution in [2.75, 3.05) is 13.1 Å². The summed E-state index contributed by atoms with van der Waals surface area (Å²) in [5, 5.41) is 13.4. The highest BCUT2D eigenvalue weighted by Crippen LogP contribution is 2.16. The second-order valence-corrected chi connectivity index (χ2v) is 3.27. The number of aliphatic hydroxyl groups excluding tert-OH is 1. The first-order valence-electron chi connectivity index (χ1n) is 5.73. The van der Waals surface area contributed by atoms with E-state index in [0.29, 0.717) is 0 Å². The molecule has 0 heterocycles. The van der Waals surface area contributed by atoms with E-state index in [1.807, 2.05) is 0 Å². The van der Waals surface area contributed by atoms with Crippen LogP contribution in [0.2, 0.25) is 0 Å². The van der Waals surface area contributed by atoms with E-state index in [4.69, 9.17) is 7.85 Å². The van der Waals surface area contributed by atoms with Crippen molar-refractivity contribution in [1.82, 2.24) is 10.6 Å². The normalized spacial score (nSPS) is 21.6. The van der Waals surface area contributed by atoms with Gasteiger partial charge in [-0.15, -0.1) is 0 Å². The summed E-state index contributed by atoms with van der Waals surface area (Å²) < 4.78 is 14.3. The van der Waals surface area contributed by atoms with Gasteiger partial charge in [-0.2, -0.15) is 0 Å². The number of aliphatic hydroxyl groups is 1. The Labute approximate surface area is 81.5 Å². The average molecular weight is 188 g/mol.